The zero-order valence-electron chi connectivity index (χ0n) is 21.0. The average molecular weight is 585 g/mol. The summed E-state index contributed by atoms with van der Waals surface area (Å²) in [4.78, 5) is 16.9. The van der Waals surface area contributed by atoms with Crippen LogP contribution in [0, 0.1) is 13.8 Å². The number of benzene rings is 3. The molecule has 1 aromatic heterocycles. The van der Waals surface area contributed by atoms with E-state index in [0.717, 1.165) is 9.87 Å². The molecular formula is C27H25ClN4O5S2. The molecule has 3 aromatic carbocycles. The smallest absolute Gasteiger partial charge is 0.264 e. The van der Waals surface area contributed by atoms with Crippen LogP contribution in [0.2, 0.25) is 5.02 Å². The second-order valence-corrected chi connectivity index (χ2v) is 12.7. The van der Waals surface area contributed by atoms with Gasteiger partial charge in [-0.3, -0.25) is 18.8 Å². The van der Waals surface area contributed by atoms with Gasteiger partial charge >= 0.3 is 0 Å². The van der Waals surface area contributed by atoms with Crippen molar-refractivity contribution in [2.75, 3.05) is 20.9 Å². The molecule has 202 valence electrons. The lowest BCUT2D eigenvalue weighted by atomic mass is 10.2. The van der Waals surface area contributed by atoms with E-state index in [1.807, 2.05) is 6.92 Å². The van der Waals surface area contributed by atoms with E-state index < -0.39 is 32.5 Å². The van der Waals surface area contributed by atoms with E-state index >= 15 is 0 Å². The number of nitrogens with zero attached hydrogens (tertiary/aromatic N) is 2. The number of halogens is 1. The number of hydrogen-bond acceptors (Lipinski definition) is 6. The summed E-state index contributed by atoms with van der Waals surface area (Å²) in [6.07, 6.45) is 2.90. The van der Waals surface area contributed by atoms with E-state index in [-0.39, 0.29) is 21.2 Å². The number of anilines is 3. The minimum Gasteiger partial charge on any atom is -0.325 e. The van der Waals surface area contributed by atoms with Crippen molar-refractivity contribution in [2.45, 2.75) is 23.6 Å². The summed E-state index contributed by atoms with van der Waals surface area (Å²) in [6, 6.07) is 19.8. The lowest BCUT2D eigenvalue weighted by molar-refractivity contribution is -0.114. The van der Waals surface area contributed by atoms with Crippen LogP contribution < -0.4 is 14.3 Å². The molecule has 0 atom stereocenters. The first-order chi connectivity index (χ1) is 18.5. The normalized spacial score (nSPS) is 11.6. The Labute approximate surface area is 232 Å². The molecule has 12 heteroatoms. The fraction of sp³-hybridized carbons (Fsp3) is 0.111. The summed E-state index contributed by atoms with van der Waals surface area (Å²) < 4.78 is 56.0. The summed E-state index contributed by atoms with van der Waals surface area (Å²) in [5, 5.41) is 2.95. The lowest BCUT2D eigenvalue weighted by Crippen LogP contribution is -2.38. The Bertz CT molecular complexity index is 1700. The van der Waals surface area contributed by atoms with Crippen LogP contribution in [0.25, 0.3) is 0 Å². The Hall–Kier alpha value is -3.93. The third-order valence-electron chi connectivity index (χ3n) is 5.70. The van der Waals surface area contributed by atoms with Crippen molar-refractivity contribution in [1.82, 2.24) is 4.98 Å². The minimum absolute atomic E-state index is 0.0240. The maximum Gasteiger partial charge on any atom is 0.264 e. The highest BCUT2D eigenvalue weighted by atomic mass is 35.5. The van der Waals surface area contributed by atoms with Crippen LogP contribution in [0.15, 0.2) is 101 Å². The van der Waals surface area contributed by atoms with Crippen molar-refractivity contribution in [3.63, 3.8) is 0 Å². The molecule has 0 spiro atoms. The standard InChI is InChI=1S/C27H25ClN4O5S2/c1-19-5-11-25(12-6-19)39(36,37)32(26-16-21(28)8-7-20(26)2)18-27(33)30-22-9-13-24(14-10-22)38(34,35)31-23-4-3-15-29-17-23/h3-17,31H,18H2,1-2H3,(H,30,33). The molecule has 0 radical (unpaired) electrons. The van der Waals surface area contributed by atoms with E-state index in [2.05, 4.69) is 15.0 Å². The van der Waals surface area contributed by atoms with Gasteiger partial charge in [0.05, 0.1) is 27.4 Å². The molecule has 4 rings (SSSR count). The highest BCUT2D eigenvalue weighted by molar-refractivity contribution is 7.93. The third-order valence-corrected chi connectivity index (χ3v) is 9.10. The summed E-state index contributed by atoms with van der Waals surface area (Å²) in [6.45, 7) is 3.02. The van der Waals surface area contributed by atoms with Gasteiger partial charge in [-0.15, -0.1) is 0 Å². The first kappa shape index (κ1) is 28.1. The highest BCUT2D eigenvalue weighted by Gasteiger charge is 2.28. The Balaban J connectivity index is 1.57. The van der Waals surface area contributed by atoms with Crippen molar-refractivity contribution >= 4 is 54.6 Å². The van der Waals surface area contributed by atoms with Gasteiger partial charge in [0.2, 0.25) is 5.91 Å². The van der Waals surface area contributed by atoms with Gasteiger partial charge in [0.1, 0.15) is 6.54 Å². The van der Waals surface area contributed by atoms with Crippen LogP contribution in [-0.4, -0.2) is 34.3 Å². The molecule has 0 aliphatic carbocycles. The van der Waals surface area contributed by atoms with Gasteiger partial charge in [-0.25, -0.2) is 16.8 Å². The number of rotatable bonds is 9. The number of aryl methyl sites for hydroxylation is 2. The fourth-order valence-corrected chi connectivity index (χ4v) is 6.36. The first-order valence-corrected chi connectivity index (χ1v) is 14.9. The number of carbonyl (C=O) groups is 1. The fourth-order valence-electron chi connectivity index (χ4n) is 3.67. The molecule has 0 saturated carbocycles. The SMILES string of the molecule is Cc1ccc(S(=O)(=O)N(CC(=O)Nc2ccc(S(=O)(=O)Nc3cccnc3)cc2)c2cc(Cl)ccc2C)cc1. The van der Waals surface area contributed by atoms with Crippen LogP contribution in [0.5, 0.6) is 0 Å². The molecule has 0 saturated heterocycles. The van der Waals surface area contributed by atoms with Crippen LogP contribution in [0.1, 0.15) is 11.1 Å². The number of amides is 1. The van der Waals surface area contributed by atoms with E-state index in [9.17, 15) is 21.6 Å². The largest absolute Gasteiger partial charge is 0.325 e. The predicted molar refractivity (Wildman–Crippen MR) is 152 cm³/mol. The van der Waals surface area contributed by atoms with Gasteiger partial charge in [-0.2, -0.15) is 0 Å². The monoisotopic (exact) mass is 584 g/mol. The molecule has 39 heavy (non-hydrogen) atoms. The maximum atomic E-state index is 13.6. The molecular weight excluding hydrogens is 560 g/mol. The summed E-state index contributed by atoms with van der Waals surface area (Å²) in [5.74, 6) is -0.630. The quantitative estimate of drug-likeness (QED) is 0.286. The van der Waals surface area contributed by atoms with Crippen molar-refractivity contribution in [2.24, 2.45) is 0 Å². The molecule has 0 unspecified atom stereocenters. The highest BCUT2D eigenvalue weighted by Crippen LogP contribution is 2.30. The average Bonchev–Trinajstić information content (AvgIpc) is 2.89. The van der Waals surface area contributed by atoms with Gasteiger partial charge in [-0.05, 0) is 80.1 Å². The minimum atomic E-state index is -4.13. The Morgan fingerprint density at radius 2 is 1.54 bits per heavy atom. The molecule has 0 aliphatic heterocycles. The van der Waals surface area contributed by atoms with Crippen LogP contribution in [0.3, 0.4) is 0 Å². The number of hydrogen-bond donors (Lipinski definition) is 2. The number of aromatic nitrogens is 1. The van der Waals surface area contributed by atoms with Crippen LogP contribution >= 0.6 is 11.6 Å². The summed E-state index contributed by atoms with van der Waals surface area (Å²) >= 11 is 6.17. The zero-order valence-corrected chi connectivity index (χ0v) is 23.4. The number of nitrogens with one attached hydrogen (secondary N) is 2. The first-order valence-electron chi connectivity index (χ1n) is 11.6. The van der Waals surface area contributed by atoms with Gasteiger partial charge in [-0.1, -0.05) is 35.4 Å². The van der Waals surface area contributed by atoms with Gasteiger partial charge in [0, 0.05) is 16.9 Å². The maximum absolute atomic E-state index is 13.6. The van der Waals surface area contributed by atoms with Crippen LogP contribution in [0.4, 0.5) is 17.1 Å². The molecule has 1 amide bonds. The topological polar surface area (TPSA) is 126 Å². The van der Waals surface area contributed by atoms with E-state index in [0.29, 0.717) is 16.3 Å². The molecule has 1 heterocycles. The molecule has 2 N–H and O–H groups in total. The molecule has 4 aromatic rings. The predicted octanol–water partition coefficient (Wildman–Crippen LogP) is 4.99. The van der Waals surface area contributed by atoms with E-state index in [1.165, 1.54) is 54.9 Å². The summed E-state index contributed by atoms with van der Waals surface area (Å²) in [7, 11) is -8.01. The second-order valence-electron chi connectivity index (χ2n) is 8.68. The van der Waals surface area contributed by atoms with E-state index in [4.69, 9.17) is 11.6 Å². The molecule has 0 fully saturated rings. The van der Waals surface area contributed by atoms with Crippen LogP contribution in [-0.2, 0) is 24.8 Å². The Kier molecular flexibility index (Phi) is 8.24. The Morgan fingerprint density at radius 3 is 2.18 bits per heavy atom. The molecule has 0 bridgehead atoms. The number of sulfonamides is 2. The van der Waals surface area contributed by atoms with Crippen molar-refractivity contribution < 1.29 is 21.6 Å². The van der Waals surface area contributed by atoms with Crippen molar-refractivity contribution in [3.05, 3.63) is 107 Å². The second kappa shape index (κ2) is 11.4. The van der Waals surface area contributed by atoms with Gasteiger partial charge < -0.3 is 5.32 Å². The van der Waals surface area contributed by atoms with Gasteiger partial charge in [0.15, 0.2) is 0 Å². The zero-order chi connectivity index (χ0) is 28.2. The van der Waals surface area contributed by atoms with Crippen molar-refractivity contribution in [1.29, 1.82) is 0 Å². The number of pyridine rings is 1. The molecule has 9 nitrogen and oxygen atoms in total. The number of carbonyl (C=O) groups excluding carboxylic acids is 1. The summed E-state index contributed by atoms with van der Waals surface area (Å²) in [5.41, 5.74) is 2.36. The Morgan fingerprint density at radius 1 is 0.872 bits per heavy atom. The lowest BCUT2D eigenvalue weighted by Gasteiger charge is -2.26. The van der Waals surface area contributed by atoms with Crippen molar-refractivity contribution in [3.8, 4) is 0 Å². The van der Waals surface area contributed by atoms with E-state index in [1.54, 1.807) is 43.3 Å². The third kappa shape index (κ3) is 6.75. The molecule has 0 aliphatic rings. The van der Waals surface area contributed by atoms with Gasteiger partial charge in [0.25, 0.3) is 20.0 Å².